The monoisotopic (exact) mass is 341 g/mol. The minimum absolute atomic E-state index is 0.137. The van der Waals surface area contributed by atoms with Crippen molar-refractivity contribution in [2.75, 3.05) is 13.1 Å². The van der Waals surface area contributed by atoms with Gasteiger partial charge in [0.25, 0.3) is 5.91 Å². The molecule has 22 heavy (non-hydrogen) atoms. The van der Waals surface area contributed by atoms with Crippen LogP contribution in [-0.4, -0.2) is 49.4 Å². The van der Waals surface area contributed by atoms with Gasteiger partial charge in [-0.15, -0.1) is 0 Å². The van der Waals surface area contributed by atoms with Gasteiger partial charge >= 0.3 is 0 Å². The van der Waals surface area contributed by atoms with Crippen LogP contribution in [-0.2, 0) is 5.60 Å². The number of pyridine rings is 1. The number of aryl methyl sites for hydroxylation is 1. The summed E-state index contributed by atoms with van der Waals surface area (Å²) in [7, 11) is 0. The van der Waals surface area contributed by atoms with E-state index in [1.54, 1.807) is 11.8 Å². The van der Waals surface area contributed by atoms with Gasteiger partial charge in [0, 0.05) is 13.0 Å². The number of hydrogen-bond donors (Lipinski definition) is 2. The lowest BCUT2D eigenvalue weighted by Crippen LogP contribution is -2.35. The highest BCUT2D eigenvalue weighted by molar-refractivity contribution is 6.41. The number of halogens is 2. The van der Waals surface area contributed by atoms with Crippen molar-refractivity contribution in [1.82, 2.24) is 25.3 Å². The molecule has 2 aromatic heterocycles. The summed E-state index contributed by atoms with van der Waals surface area (Å²) >= 11 is 11.8. The van der Waals surface area contributed by atoms with Crippen molar-refractivity contribution in [1.29, 1.82) is 0 Å². The van der Waals surface area contributed by atoms with Crippen LogP contribution >= 0.6 is 23.2 Å². The molecule has 1 atom stereocenters. The van der Waals surface area contributed by atoms with Gasteiger partial charge in [-0.3, -0.25) is 4.79 Å². The average Bonchev–Trinajstić information content (AvgIpc) is 3.12. The zero-order chi connectivity index (χ0) is 15.9. The minimum Gasteiger partial charge on any atom is -0.381 e. The van der Waals surface area contributed by atoms with Gasteiger partial charge in [-0.25, -0.2) is 4.98 Å². The molecule has 0 bridgehead atoms. The van der Waals surface area contributed by atoms with E-state index in [0.29, 0.717) is 29.9 Å². The van der Waals surface area contributed by atoms with E-state index < -0.39 is 5.60 Å². The summed E-state index contributed by atoms with van der Waals surface area (Å²) in [4.78, 5) is 18.2. The molecule has 3 heterocycles. The van der Waals surface area contributed by atoms with Crippen molar-refractivity contribution in [2.45, 2.75) is 18.9 Å². The molecule has 1 aliphatic rings. The molecule has 0 aliphatic carbocycles. The van der Waals surface area contributed by atoms with Crippen molar-refractivity contribution in [2.24, 2.45) is 0 Å². The number of aliphatic hydroxyl groups is 1. The Hall–Kier alpha value is -1.70. The van der Waals surface area contributed by atoms with Crippen LogP contribution in [0, 0.1) is 6.92 Å². The summed E-state index contributed by atoms with van der Waals surface area (Å²) < 4.78 is 0. The molecule has 0 unspecified atom stereocenters. The third kappa shape index (κ3) is 2.55. The van der Waals surface area contributed by atoms with Crippen LogP contribution in [0.4, 0.5) is 0 Å². The van der Waals surface area contributed by atoms with Crippen LogP contribution in [0.1, 0.15) is 28.2 Å². The quantitative estimate of drug-likeness (QED) is 0.808. The maximum absolute atomic E-state index is 12.6. The first kappa shape index (κ1) is 15.2. The van der Waals surface area contributed by atoms with Crippen molar-refractivity contribution in [3.8, 4) is 0 Å². The van der Waals surface area contributed by atoms with E-state index in [0.717, 1.165) is 0 Å². The number of aromatic nitrogens is 4. The molecule has 1 fully saturated rings. The van der Waals surface area contributed by atoms with Crippen LogP contribution in [0.2, 0.25) is 10.2 Å². The van der Waals surface area contributed by atoms with E-state index >= 15 is 0 Å². The normalized spacial score (nSPS) is 21.4. The number of hydrogen-bond acceptors (Lipinski definition) is 5. The number of carbonyl (C=O) groups is 1. The van der Waals surface area contributed by atoms with Crippen LogP contribution in [0.3, 0.4) is 0 Å². The van der Waals surface area contributed by atoms with Crippen LogP contribution < -0.4 is 0 Å². The van der Waals surface area contributed by atoms with Gasteiger partial charge in [-0.05, 0) is 13.0 Å². The second-order valence-electron chi connectivity index (χ2n) is 5.26. The Morgan fingerprint density at radius 1 is 1.50 bits per heavy atom. The summed E-state index contributed by atoms with van der Waals surface area (Å²) in [6.07, 6.45) is 1.85. The number of nitrogens with zero attached hydrogens (tertiary/aromatic N) is 4. The fourth-order valence-corrected chi connectivity index (χ4v) is 2.87. The molecule has 7 nitrogen and oxygen atoms in total. The maximum Gasteiger partial charge on any atom is 0.255 e. The third-order valence-corrected chi connectivity index (χ3v) is 4.45. The fraction of sp³-hybridized carbons (Fsp3) is 0.385. The lowest BCUT2D eigenvalue weighted by molar-refractivity contribution is 0.0381. The van der Waals surface area contributed by atoms with E-state index in [9.17, 15) is 9.90 Å². The molecule has 2 aromatic rings. The number of carbonyl (C=O) groups excluding carboxylic acids is 1. The van der Waals surface area contributed by atoms with Crippen molar-refractivity contribution >= 4 is 29.1 Å². The smallest absolute Gasteiger partial charge is 0.255 e. The number of H-pyrrole nitrogens is 1. The second-order valence-corrected chi connectivity index (χ2v) is 6.02. The third-order valence-electron chi connectivity index (χ3n) is 3.78. The molecule has 116 valence electrons. The summed E-state index contributed by atoms with van der Waals surface area (Å²) in [5, 5.41) is 21.1. The standard InChI is InChI=1S/C13H13Cl2N5O2/c1-7-8(4-9(14)11(15)17-7)12(21)20-3-2-13(22,6-20)10-5-16-19-18-10/h4-5,22H,2-3,6H2,1H3,(H,16,18,19)/t13-/m1/s1. The fourth-order valence-electron chi connectivity index (χ4n) is 2.54. The molecule has 0 saturated carbocycles. The van der Waals surface area contributed by atoms with Crippen molar-refractivity contribution in [3.63, 3.8) is 0 Å². The molecular weight excluding hydrogens is 329 g/mol. The Labute approximate surface area is 136 Å². The van der Waals surface area contributed by atoms with E-state index in [4.69, 9.17) is 23.2 Å². The number of rotatable bonds is 2. The van der Waals surface area contributed by atoms with Gasteiger partial charge in [0.2, 0.25) is 0 Å². The largest absolute Gasteiger partial charge is 0.381 e. The molecule has 0 aromatic carbocycles. The van der Waals surface area contributed by atoms with Crippen LogP contribution in [0.25, 0.3) is 0 Å². The van der Waals surface area contributed by atoms with Crippen molar-refractivity contribution in [3.05, 3.63) is 39.4 Å². The molecule has 0 radical (unpaired) electrons. The Morgan fingerprint density at radius 3 is 2.95 bits per heavy atom. The second kappa shape index (κ2) is 5.49. The molecule has 1 amide bonds. The Balaban J connectivity index is 1.84. The SMILES string of the molecule is Cc1nc(Cl)c(Cl)cc1C(=O)N1CC[C@](O)(c2cn[nH]n2)C1. The van der Waals surface area contributed by atoms with Gasteiger partial charge < -0.3 is 10.0 Å². The lowest BCUT2D eigenvalue weighted by Gasteiger charge is -2.21. The molecular formula is C13H13Cl2N5O2. The summed E-state index contributed by atoms with van der Waals surface area (Å²) in [5.74, 6) is -0.247. The highest BCUT2D eigenvalue weighted by Gasteiger charge is 2.42. The zero-order valence-corrected chi connectivity index (χ0v) is 13.2. The van der Waals surface area contributed by atoms with Crippen LogP contribution in [0.5, 0.6) is 0 Å². The Morgan fingerprint density at radius 2 is 2.27 bits per heavy atom. The summed E-state index contributed by atoms with van der Waals surface area (Å²) in [6.45, 7) is 2.23. The molecule has 1 aliphatic heterocycles. The van der Waals surface area contributed by atoms with E-state index in [1.807, 2.05) is 0 Å². The Bertz CT molecular complexity index is 721. The van der Waals surface area contributed by atoms with Crippen LogP contribution in [0.15, 0.2) is 12.3 Å². The van der Waals surface area contributed by atoms with E-state index in [1.165, 1.54) is 12.3 Å². The number of nitrogens with one attached hydrogen (secondary N) is 1. The topological polar surface area (TPSA) is 95.0 Å². The highest BCUT2D eigenvalue weighted by Crippen LogP contribution is 2.32. The molecule has 3 rings (SSSR count). The minimum atomic E-state index is -1.19. The summed E-state index contributed by atoms with van der Waals surface area (Å²) in [5.41, 5.74) is 0.0992. The first-order chi connectivity index (χ1) is 10.4. The first-order valence-electron chi connectivity index (χ1n) is 6.61. The number of aromatic amines is 1. The number of amides is 1. The zero-order valence-electron chi connectivity index (χ0n) is 11.7. The van der Waals surface area contributed by atoms with Crippen molar-refractivity contribution < 1.29 is 9.90 Å². The van der Waals surface area contributed by atoms with Gasteiger partial charge in [-0.2, -0.15) is 15.4 Å². The molecule has 1 saturated heterocycles. The van der Waals surface area contributed by atoms with E-state index in [-0.39, 0.29) is 22.6 Å². The maximum atomic E-state index is 12.6. The summed E-state index contributed by atoms with van der Waals surface area (Å²) in [6, 6.07) is 1.50. The molecule has 0 spiro atoms. The average molecular weight is 342 g/mol. The highest BCUT2D eigenvalue weighted by atomic mass is 35.5. The van der Waals surface area contributed by atoms with Gasteiger partial charge in [0.05, 0.1) is 29.0 Å². The van der Waals surface area contributed by atoms with Gasteiger partial charge in [0.15, 0.2) is 0 Å². The molecule has 9 heteroatoms. The Kier molecular flexibility index (Phi) is 3.80. The predicted molar refractivity (Wildman–Crippen MR) is 79.8 cm³/mol. The predicted octanol–water partition coefficient (Wildman–Crippen LogP) is 1.55. The number of likely N-dealkylation sites (tertiary alicyclic amines) is 1. The van der Waals surface area contributed by atoms with Gasteiger partial charge in [-0.1, -0.05) is 23.2 Å². The molecule has 2 N–H and O–H groups in total. The van der Waals surface area contributed by atoms with E-state index in [2.05, 4.69) is 20.4 Å². The first-order valence-corrected chi connectivity index (χ1v) is 7.37. The lowest BCUT2D eigenvalue weighted by atomic mass is 10.00. The van der Waals surface area contributed by atoms with Gasteiger partial charge in [0.1, 0.15) is 16.4 Å². The number of β-amino-alcohol motifs (C(OH)–C–C–N with tert-alkyl or cyclic N) is 1.